The molecule has 0 spiro atoms. The highest BCUT2D eigenvalue weighted by Crippen LogP contribution is 2.22. The zero-order valence-corrected chi connectivity index (χ0v) is 9.90. The highest BCUT2D eigenvalue weighted by molar-refractivity contribution is 5.42. The molecule has 0 aromatic heterocycles. The van der Waals surface area contributed by atoms with Gasteiger partial charge in [-0.1, -0.05) is 18.6 Å². The number of aliphatic hydroxyl groups is 1. The molecule has 1 fully saturated rings. The van der Waals surface area contributed by atoms with E-state index in [-0.39, 0.29) is 24.2 Å². The van der Waals surface area contributed by atoms with E-state index < -0.39 is 0 Å². The molecule has 94 valence electrons. The number of piperidine rings is 1. The molecule has 0 amide bonds. The van der Waals surface area contributed by atoms with Crippen LogP contribution >= 0.6 is 0 Å². The molecule has 0 bridgehead atoms. The Morgan fingerprint density at radius 1 is 1.41 bits per heavy atom. The maximum Gasteiger partial charge on any atom is 0.150 e. The van der Waals surface area contributed by atoms with Gasteiger partial charge >= 0.3 is 0 Å². The number of aliphatic hydroxyl groups excluding tert-OH is 1. The molecule has 3 N–H and O–H groups in total. The maximum atomic E-state index is 13.8. The Hall–Kier alpha value is -1.13. The summed E-state index contributed by atoms with van der Waals surface area (Å²) >= 11 is 0. The number of rotatable bonds is 3. The first kappa shape index (κ1) is 12.3. The number of anilines is 1. The maximum absolute atomic E-state index is 13.8. The summed E-state index contributed by atoms with van der Waals surface area (Å²) in [6, 6.07) is 5.25. The van der Waals surface area contributed by atoms with Crippen molar-refractivity contribution in [3.63, 3.8) is 0 Å². The molecular formula is C13H19FN2O. The van der Waals surface area contributed by atoms with Crippen LogP contribution in [0.2, 0.25) is 0 Å². The molecule has 1 aromatic carbocycles. The SMILES string of the molecule is Nc1cccc(CN2CCCCC2CO)c1F. The predicted molar refractivity (Wildman–Crippen MR) is 65.9 cm³/mol. The molecule has 1 unspecified atom stereocenters. The molecule has 1 aliphatic rings. The lowest BCUT2D eigenvalue weighted by Crippen LogP contribution is -2.41. The second kappa shape index (κ2) is 5.47. The topological polar surface area (TPSA) is 49.5 Å². The van der Waals surface area contributed by atoms with Crippen LogP contribution in [0.1, 0.15) is 24.8 Å². The van der Waals surface area contributed by atoms with Gasteiger partial charge in [-0.25, -0.2) is 4.39 Å². The van der Waals surface area contributed by atoms with Crippen LogP contribution in [0.3, 0.4) is 0 Å². The third-order valence-corrected chi connectivity index (χ3v) is 3.44. The van der Waals surface area contributed by atoms with Gasteiger partial charge in [-0.3, -0.25) is 4.90 Å². The standard InChI is InChI=1S/C13H19FN2O/c14-13-10(4-3-6-12(13)15)8-16-7-2-1-5-11(16)9-17/h3-4,6,11,17H,1-2,5,7-9,15H2. The highest BCUT2D eigenvalue weighted by Gasteiger charge is 2.22. The Kier molecular flexibility index (Phi) is 3.97. The van der Waals surface area contributed by atoms with Crippen molar-refractivity contribution < 1.29 is 9.50 Å². The average Bonchev–Trinajstić information content (AvgIpc) is 2.35. The van der Waals surface area contributed by atoms with Crippen molar-refractivity contribution in [3.05, 3.63) is 29.6 Å². The van der Waals surface area contributed by atoms with E-state index in [2.05, 4.69) is 4.90 Å². The lowest BCUT2D eigenvalue weighted by molar-refractivity contribution is 0.0832. The molecule has 0 aliphatic carbocycles. The summed E-state index contributed by atoms with van der Waals surface area (Å²) in [5, 5.41) is 9.30. The van der Waals surface area contributed by atoms with Crippen LogP contribution in [0.15, 0.2) is 18.2 Å². The molecule has 17 heavy (non-hydrogen) atoms. The second-order valence-electron chi connectivity index (χ2n) is 4.62. The van der Waals surface area contributed by atoms with Crippen molar-refractivity contribution in [1.82, 2.24) is 4.90 Å². The van der Waals surface area contributed by atoms with Gasteiger partial charge in [-0.05, 0) is 25.5 Å². The molecule has 0 saturated carbocycles. The lowest BCUT2D eigenvalue weighted by atomic mass is 10.0. The Morgan fingerprint density at radius 3 is 3.00 bits per heavy atom. The summed E-state index contributed by atoms with van der Waals surface area (Å²) in [6.45, 7) is 1.59. The summed E-state index contributed by atoms with van der Waals surface area (Å²) in [4.78, 5) is 2.14. The number of halogens is 1. The summed E-state index contributed by atoms with van der Waals surface area (Å²) < 4.78 is 13.8. The quantitative estimate of drug-likeness (QED) is 0.789. The number of hydrogen-bond donors (Lipinski definition) is 2. The summed E-state index contributed by atoms with van der Waals surface area (Å²) in [6.07, 6.45) is 3.24. The fraction of sp³-hybridized carbons (Fsp3) is 0.538. The number of nitrogen functional groups attached to an aromatic ring is 1. The zero-order chi connectivity index (χ0) is 12.3. The third kappa shape index (κ3) is 2.76. The lowest BCUT2D eigenvalue weighted by Gasteiger charge is -2.34. The predicted octanol–water partition coefficient (Wildman–Crippen LogP) is 1.75. The van der Waals surface area contributed by atoms with Crippen LogP contribution in [-0.2, 0) is 6.54 Å². The number of nitrogens with two attached hydrogens (primary N) is 1. The van der Waals surface area contributed by atoms with E-state index in [4.69, 9.17) is 5.73 Å². The van der Waals surface area contributed by atoms with Crippen LogP contribution in [0, 0.1) is 5.82 Å². The Morgan fingerprint density at radius 2 is 2.24 bits per heavy atom. The average molecular weight is 238 g/mol. The van der Waals surface area contributed by atoms with E-state index in [1.807, 2.05) is 0 Å². The Labute approximate surface area is 101 Å². The van der Waals surface area contributed by atoms with Crippen molar-refractivity contribution >= 4 is 5.69 Å². The zero-order valence-electron chi connectivity index (χ0n) is 9.90. The molecule has 2 rings (SSSR count). The smallest absolute Gasteiger partial charge is 0.150 e. The minimum Gasteiger partial charge on any atom is -0.396 e. The molecule has 1 saturated heterocycles. The van der Waals surface area contributed by atoms with Crippen molar-refractivity contribution in [2.75, 3.05) is 18.9 Å². The number of benzene rings is 1. The van der Waals surface area contributed by atoms with Gasteiger partial charge in [-0.2, -0.15) is 0 Å². The van der Waals surface area contributed by atoms with Crippen LogP contribution in [0.4, 0.5) is 10.1 Å². The van der Waals surface area contributed by atoms with E-state index in [0.717, 1.165) is 25.8 Å². The van der Waals surface area contributed by atoms with Gasteiger partial charge in [0.15, 0.2) is 5.82 Å². The summed E-state index contributed by atoms with van der Waals surface area (Å²) in [7, 11) is 0. The van der Waals surface area contributed by atoms with Gasteiger partial charge in [0.2, 0.25) is 0 Å². The van der Waals surface area contributed by atoms with Crippen molar-refractivity contribution in [1.29, 1.82) is 0 Å². The molecule has 1 aromatic rings. The van der Waals surface area contributed by atoms with Gasteiger partial charge < -0.3 is 10.8 Å². The van der Waals surface area contributed by atoms with E-state index in [1.54, 1.807) is 18.2 Å². The first-order valence-electron chi connectivity index (χ1n) is 6.10. The molecule has 4 heteroatoms. The minimum absolute atomic E-state index is 0.143. The fourth-order valence-corrected chi connectivity index (χ4v) is 2.42. The normalized spacial score (nSPS) is 21.6. The summed E-state index contributed by atoms with van der Waals surface area (Å²) in [5.41, 5.74) is 6.36. The van der Waals surface area contributed by atoms with Crippen LogP contribution in [-0.4, -0.2) is 29.2 Å². The van der Waals surface area contributed by atoms with Gasteiger partial charge in [0.1, 0.15) is 0 Å². The molecule has 3 nitrogen and oxygen atoms in total. The minimum atomic E-state index is -0.324. The highest BCUT2D eigenvalue weighted by atomic mass is 19.1. The first-order valence-corrected chi connectivity index (χ1v) is 6.10. The van der Waals surface area contributed by atoms with Gasteiger partial charge in [-0.15, -0.1) is 0 Å². The van der Waals surface area contributed by atoms with Crippen LogP contribution in [0.25, 0.3) is 0 Å². The van der Waals surface area contributed by atoms with Crippen LogP contribution < -0.4 is 5.73 Å². The van der Waals surface area contributed by atoms with Crippen molar-refractivity contribution in [3.8, 4) is 0 Å². The first-order chi connectivity index (χ1) is 8.22. The van der Waals surface area contributed by atoms with Gasteiger partial charge in [0.25, 0.3) is 0 Å². The van der Waals surface area contributed by atoms with E-state index in [1.165, 1.54) is 0 Å². The molecular weight excluding hydrogens is 219 g/mol. The third-order valence-electron chi connectivity index (χ3n) is 3.44. The van der Waals surface area contributed by atoms with Gasteiger partial charge in [0.05, 0.1) is 12.3 Å². The number of nitrogens with zero attached hydrogens (tertiary/aromatic N) is 1. The monoisotopic (exact) mass is 238 g/mol. The second-order valence-corrected chi connectivity index (χ2v) is 4.62. The largest absolute Gasteiger partial charge is 0.396 e. The van der Waals surface area contributed by atoms with E-state index in [0.29, 0.717) is 12.1 Å². The van der Waals surface area contributed by atoms with Gasteiger partial charge in [0, 0.05) is 18.2 Å². The Balaban J connectivity index is 2.11. The molecule has 1 atom stereocenters. The Bertz CT molecular complexity index is 384. The number of hydrogen-bond acceptors (Lipinski definition) is 3. The number of likely N-dealkylation sites (tertiary alicyclic amines) is 1. The van der Waals surface area contributed by atoms with Crippen molar-refractivity contribution in [2.45, 2.75) is 31.8 Å². The van der Waals surface area contributed by atoms with Crippen molar-refractivity contribution in [2.24, 2.45) is 0 Å². The fourth-order valence-electron chi connectivity index (χ4n) is 2.42. The summed E-state index contributed by atoms with van der Waals surface area (Å²) in [5.74, 6) is -0.324. The molecule has 0 radical (unpaired) electrons. The molecule has 1 aliphatic heterocycles. The van der Waals surface area contributed by atoms with E-state index >= 15 is 0 Å². The molecule has 1 heterocycles. The van der Waals surface area contributed by atoms with Crippen LogP contribution in [0.5, 0.6) is 0 Å². The van der Waals surface area contributed by atoms with E-state index in [9.17, 15) is 9.50 Å².